The molecule has 0 spiro atoms. The van der Waals surface area contributed by atoms with Crippen LogP contribution in [0.25, 0.3) is 0 Å². The van der Waals surface area contributed by atoms with E-state index in [0.717, 1.165) is 53.1 Å². The molecule has 0 amide bonds. The van der Waals surface area contributed by atoms with Crippen LogP contribution in [0.15, 0.2) is 59.3 Å². The van der Waals surface area contributed by atoms with Crippen LogP contribution >= 0.6 is 0 Å². The lowest BCUT2D eigenvalue weighted by Crippen LogP contribution is -2.13. The predicted octanol–water partition coefficient (Wildman–Crippen LogP) is 6.55. The molecular weight excluding hydrogens is 360 g/mol. The van der Waals surface area contributed by atoms with Crippen LogP contribution in [0.1, 0.15) is 72.4 Å². The molecular formula is C24H36N4O. The Morgan fingerprint density at radius 1 is 1.21 bits per heavy atom. The molecule has 1 atom stereocenters. The van der Waals surface area contributed by atoms with Crippen LogP contribution in [0, 0.1) is 5.41 Å². The van der Waals surface area contributed by atoms with E-state index >= 15 is 0 Å². The molecule has 1 unspecified atom stereocenters. The number of hydrogen-bond acceptors (Lipinski definition) is 5. The number of aromatic nitrogens is 2. The standard InChI is InChI=1S/C24H36N4O/c1-9-11-20(10-2)21-14-26-15-23(27-21)28-24(19(7)25)18(6)17(5)12-13-22(29-8)16(3)4/h12-15,20,25H,3,9-11H2,1-2,4-8H3,(H,27,28)/b17-12+,22-13+,24-18-,25-19?. The summed E-state index contributed by atoms with van der Waals surface area (Å²) in [6.45, 7) is 16.0. The zero-order chi connectivity index (χ0) is 22.0. The van der Waals surface area contributed by atoms with Crippen LogP contribution in [-0.2, 0) is 4.74 Å². The van der Waals surface area contributed by atoms with Crippen LogP contribution in [0.5, 0.6) is 0 Å². The number of hydrogen-bond donors (Lipinski definition) is 2. The van der Waals surface area contributed by atoms with Gasteiger partial charge in [0.2, 0.25) is 0 Å². The maximum Gasteiger partial charge on any atom is 0.149 e. The Bertz CT molecular complexity index is 818. The fraction of sp³-hybridized carbons (Fsp3) is 0.458. The van der Waals surface area contributed by atoms with Crippen molar-refractivity contribution in [2.45, 2.75) is 66.7 Å². The first kappa shape index (κ1) is 24.3. The smallest absolute Gasteiger partial charge is 0.149 e. The minimum Gasteiger partial charge on any atom is -0.497 e. The van der Waals surface area contributed by atoms with Gasteiger partial charge in [0.25, 0.3) is 0 Å². The van der Waals surface area contributed by atoms with Crippen molar-refractivity contribution in [2.24, 2.45) is 0 Å². The molecule has 1 rings (SSSR count). The minimum absolute atomic E-state index is 0.408. The molecule has 1 aromatic rings. The van der Waals surface area contributed by atoms with E-state index in [-0.39, 0.29) is 0 Å². The van der Waals surface area contributed by atoms with Crippen molar-refractivity contribution in [3.05, 3.63) is 65.0 Å². The van der Waals surface area contributed by atoms with Gasteiger partial charge in [0.15, 0.2) is 0 Å². The van der Waals surface area contributed by atoms with Crippen LogP contribution in [-0.4, -0.2) is 22.8 Å². The van der Waals surface area contributed by atoms with Crippen LogP contribution in [0.4, 0.5) is 5.82 Å². The Hall–Kier alpha value is -2.69. The number of rotatable bonds is 11. The zero-order valence-electron chi connectivity index (χ0n) is 19.0. The Kier molecular flexibility index (Phi) is 10.1. The van der Waals surface area contributed by atoms with E-state index in [9.17, 15) is 0 Å². The SMILES string of the molecule is C=C(C)\C(=C/C=C(C)/C(C)=C(\Nc1cncc(C(CC)CCC)n1)C(C)=N)OC. The highest BCUT2D eigenvalue weighted by molar-refractivity contribution is 5.99. The molecule has 29 heavy (non-hydrogen) atoms. The van der Waals surface area contributed by atoms with Crippen molar-refractivity contribution in [1.82, 2.24) is 9.97 Å². The van der Waals surface area contributed by atoms with E-state index in [4.69, 9.17) is 15.1 Å². The maximum atomic E-state index is 8.24. The summed E-state index contributed by atoms with van der Waals surface area (Å²) < 4.78 is 5.34. The van der Waals surface area contributed by atoms with E-state index in [2.05, 4.69) is 30.7 Å². The maximum absolute atomic E-state index is 8.24. The second kappa shape index (κ2) is 12.0. The molecule has 0 fully saturated rings. The van der Waals surface area contributed by atoms with E-state index in [0.29, 0.717) is 17.4 Å². The zero-order valence-corrected chi connectivity index (χ0v) is 19.0. The molecule has 1 aromatic heterocycles. The van der Waals surface area contributed by atoms with Crippen molar-refractivity contribution in [3.63, 3.8) is 0 Å². The third kappa shape index (κ3) is 7.33. The first-order valence-corrected chi connectivity index (χ1v) is 10.2. The lowest BCUT2D eigenvalue weighted by Gasteiger charge is -2.17. The third-order valence-corrected chi connectivity index (χ3v) is 4.92. The first-order valence-electron chi connectivity index (χ1n) is 10.2. The van der Waals surface area contributed by atoms with Gasteiger partial charge in [-0.3, -0.25) is 4.98 Å². The number of ether oxygens (including phenoxy) is 1. The highest BCUT2D eigenvalue weighted by atomic mass is 16.5. The highest BCUT2D eigenvalue weighted by Gasteiger charge is 2.13. The summed E-state index contributed by atoms with van der Waals surface area (Å²) in [6.07, 6.45) is 10.7. The predicted molar refractivity (Wildman–Crippen MR) is 123 cm³/mol. The first-order chi connectivity index (χ1) is 13.7. The molecule has 0 aliphatic rings. The van der Waals surface area contributed by atoms with Crippen LogP contribution in [0.2, 0.25) is 0 Å². The largest absolute Gasteiger partial charge is 0.497 e. The second-order valence-corrected chi connectivity index (χ2v) is 7.34. The average Bonchev–Trinajstić information content (AvgIpc) is 2.69. The van der Waals surface area contributed by atoms with Crippen molar-refractivity contribution in [3.8, 4) is 0 Å². The molecule has 0 aromatic carbocycles. The number of nitrogens with one attached hydrogen (secondary N) is 2. The molecule has 0 radical (unpaired) electrons. The molecule has 0 aliphatic carbocycles. The lowest BCUT2D eigenvalue weighted by atomic mass is 9.97. The van der Waals surface area contributed by atoms with E-state index < -0.39 is 0 Å². The summed E-state index contributed by atoms with van der Waals surface area (Å²) in [5.74, 6) is 1.81. The number of anilines is 1. The highest BCUT2D eigenvalue weighted by Crippen LogP contribution is 2.24. The van der Waals surface area contributed by atoms with Gasteiger partial charge in [0.05, 0.1) is 30.4 Å². The van der Waals surface area contributed by atoms with E-state index in [1.165, 1.54) is 0 Å². The number of methoxy groups -OCH3 is 1. The van der Waals surface area contributed by atoms with Gasteiger partial charge >= 0.3 is 0 Å². The average molecular weight is 397 g/mol. The lowest BCUT2D eigenvalue weighted by molar-refractivity contribution is 0.301. The summed E-state index contributed by atoms with van der Waals surface area (Å²) in [7, 11) is 1.63. The summed E-state index contributed by atoms with van der Waals surface area (Å²) in [5, 5.41) is 11.6. The van der Waals surface area contributed by atoms with Gasteiger partial charge in [0, 0.05) is 12.1 Å². The van der Waals surface area contributed by atoms with Crippen molar-refractivity contribution < 1.29 is 4.74 Å². The fourth-order valence-electron chi connectivity index (χ4n) is 3.05. The van der Waals surface area contributed by atoms with E-state index in [1.54, 1.807) is 20.2 Å². The van der Waals surface area contributed by atoms with Gasteiger partial charge in [-0.15, -0.1) is 0 Å². The molecule has 0 saturated carbocycles. The van der Waals surface area contributed by atoms with Gasteiger partial charge < -0.3 is 15.5 Å². The molecule has 0 bridgehead atoms. The molecule has 0 saturated heterocycles. The monoisotopic (exact) mass is 396 g/mol. The molecule has 5 heteroatoms. The summed E-state index contributed by atoms with van der Waals surface area (Å²) in [5.41, 5.74) is 5.04. The number of nitrogens with zero attached hydrogens (tertiary/aromatic N) is 2. The minimum atomic E-state index is 0.408. The Balaban J connectivity index is 3.24. The number of allylic oxidation sites excluding steroid dienone is 6. The topological polar surface area (TPSA) is 70.9 Å². The van der Waals surface area contributed by atoms with Crippen LogP contribution < -0.4 is 5.32 Å². The van der Waals surface area contributed by atoms with Gasteiger partial charge in [-0.2, -0.15) is 0 Å². The third-order valence-electron chi connectivity index (χ3n) is 4.92. The quantitative estimate of drug-likeness (QED) is 0.253. The molecule has 2 N–H and O–H groups in total. The summed E-state index contributed by atoms with van der Waals surface area (Å²) in [4.78, 5) is 9.14. The van der Waals surface area contributed by atoms with Crippen molar-refractivity contribution >= 4 is 11.5 Å². The molecule has 1 heterocycles. The summed E-state index contributed by atoms with van der Waals surface area (Å²) >= 11 is 0. The Labute approximate surface area is 176 Å². The van der Waals surface area contributed by atoms with Crippen molar-refractivity contribution in [1.29, 1.82) is 5.41 Å². The van der Waals surface area contributed by atoms with Crippen molar-refractivity contribution in [2.75, 3.05) is 12.4 Å². The molecule has 0 aliphatic heterocycles. The van der Waals surface area contributed by atoms with Gasteiger partial charge in [-0.1, -0.05) is 32.9 Å². The second-order valence-electron chi connectivity index (χ2n) is 7.34. The Morgan fingerprint density at radius 3 is 2.41 bits per heavy atom. The van der Waals surface area contributed by atoms with E-state index in [1.807, 2.05) is 39.1 Å². The molecule has 5 nitrogen and oxygen atoms in total. The van der Waals surface area contributed by atoms with Gasteiger partial charge in [-0.05, 0) is 63.3 Å². The van der Waals surface area contributed by atoms with Gasteiger partial charge in [-0.25, -0.2) is 4.98 Å². The Morgan fingerprint density at radius 2 is 1.90 bits per heavy atom. The van der Waals surface area contributed by atoms with Crippen LogP contribution in [0.3, 0.4) is 0 Å². The molecule has 158 valence electrons. The normalized spacial score (nSPS) is 14.2. The van der Waals surface area contributed by atoms with Gasteiger partial charge in [0.1, 0.15) is 11.6 Å². The summed E-state index contributed by atoms with van der Waals surface area (Å²) in [6, 6.07) is 0. The fourth-order valence-corrected chi connectivity index (χ4v) is 3.05.